The van der Waals surface area contributed by atoms with Gasteiger partial charge in [-0.2, -0.15) is 0 Å². The number of hydrogen-bond donors (Lipinski definition) is 1. The molecule has 0 saturated heterocycles. The number of carbonyl (C=O) groups excluding carboxylic acids is 1. The van der Waals surface area contributed by atoms with Crippen molar-refractivity contribution in [3.8, 4) is 5.75 Å². The fourth-order valence-electron chi connectivity index (χ4n) is 5.32. The van der Waals surface area contributed by atoms with Crippen LogP contribution in [-0.4, -0.2) is 25.6 Å². The largest absolute Gasteiger partial charge is 0.506 e. The summed E-state index contributed by atoms with van der Waals surface area (Å²) in [6, 6.07) is 16.4. The van der Waals surface area contributed by atoms with Crippen molar-refractivity contribution in [3.05, 3.63) is 93.0 Å². The molecular weight excluding hydrogens is 490 g/mol. The number of fused-ring (bicyclic) bond motifs is 1. The fourth-order valence-corrected chi connectivity index (χ4v) is 6.20. The molecule has 1 atom stereocenters. The van der Waals surface area contributed by atoms with E-state index in [9.17, 15) is 23.1 Å². The second kappa shape index (κ2) is 10.2. The van der Waals surface area contributed by atoms with Gasteiger partial charge in [-0.05, 0) is 54.9 Å². The van der Waals surface area contributed by atoms with Crippen LogP contribution in [0.5, 0.6) is 5.75 Å². The van der Waals surface area contributed by atoms with Crippen molar-refractivity contribution in [2.24, 2.45) is 5.92 Å². The van der Waals surface area contributed by atoms with Crippen LogP contribution in [0.4, 0.5) is 5.69 Å². The number of benzene rings is 2. The Kier molecular flexibility index (Phi) is 6.94. The molecule has 3 aromatic rings. The lowest BCUT2D eigenvalue weighted by atomic mass is 9.85. The Morgan fingerprint density at radius 3 is 2.43 bits per heavy atom. The Morgan fingerprint density at radius 2 is 1.73 bits per heavy atom. The van der Waals surface area contributed by atoms with E-state index in [1.54, 1.807) is 18.2 Å². The highest BCUT2D eigenvalue weighted by atomic mass is 32.2. The molecule has 2 aromatic carbocycles. The molecule has 0 aliphatic heterocycles. The summed E-state index contributed by atoms with van der Waals surface area (Å²) in [6.45, 7) is 0.165. The molecule has 0 radical (unpaired) electrons. The second-order valence-corrected chi connectivity index (χ2v) is 12.0. The summed E-state index contributed by atoms with van der Waals surface area (Å²) in [5.41, 5.74) is 1.63. The van der Waals surface area contributed by atoms with Crippen LogP contribution in [0.2, 0.25) is 0 Å². The highest BCUT2D eigenvalue weighted by molar-refractivity contribution is 7.92. The maximum atomic E-state index is 13.2. The van der Waals surface area contributed by atoms with Gasteiger partial charge in [-0.25, -0.2) is 13.2 Å². The maximum Gasteiger partial charge on any atom is 0.343 e. The Hall–Kier alpha value is -3.39. The van der Waals surface area contributed by atoms with Gasteiger partial charge in [0.1, 0.15) is 11.5 Å². The molecule has 0 amide bonds. The first-order valence-corrected chi connectivity index (χ1v) is 14.6. The molecule has 2 aliphatic carbocycles. The molecule has 1 unspecified atom stereocenters. The van der Waals surface area contributed by atoms with Crippen molar-refractivity contribution < 1.29 is 22.7 Å². The first kappa shape index (κ1) is 25.3. The third kappa shape index (κ3) is 5.34. The van der Waals surface area contributed by atoms with Gasteiger partial charge in [0.15, 0.2) is 5.78 Å². The van der Waals surface area contributed by atoms with Crippen molar-refractivity contribution in [2.75, 3.05) is 10.6 Å². The van der Waals surface area contributed by atoms with Crippen molar-refractivity contribution in [2.45, 2.75) is 57.4 Å². The number of nitrogens with zero attached hydrogens (tertiary/aromatic N) is 1. The van der Waals surface area contributed by atoms with Gasteiger partial charge in [0.05, 0.1) is 29.6 Å². The van der Waals surface area contributed by atoms with Gasteiger partial charge >= 0.3 is 5.63 Å². The van der Waals surface area contributed by atoms with Gasteiger partial charge in [-0.3, -0.25) is 9.10 Å². The van der Waals surface area contributed by atoms with Crippen LogP contribution in [0.1, 0.15) is 77.3 Å². The van der Waals surface area contributed by atoms with Crippen molar-refractivity contribution in [3.63, 3.8) is 0 Å². The summed E-state index contributed by atoms with van der Waals surface area (Å²) >= 11 is 0. The first-order chi connectivity index (χ1) is 17.7. The van der Waals surface area contributed by atoms with Gasteiger partial charge in [-0.1, -0.05) is 48.9 Å². The molecule has 194 valence electrons. The topological polar surface area (TPSA) is 105 Å². The van der Waals surface area contributed by atoms with Gasteiger partial charge in [0.25, 0.3) is 0 Å². The third-order valence-corrected chi connectivity index (χ3v) is 8.42. The summed E-state index contributed by atoms with van der Waals surface area (Å²) in [5, 5.41) is 11.3. The molecule has 7 nitrogen and oxygen atoms in total. The molecule has 8 heteroatoms. The van der Waals surface area contributed by atoms with Gasteiger partial charge in [-0.15, -0.1) is 0 Å². The zero-order valence-electron chi connectivity index (χ0n) is 20.9. The number of rotatable bonds is 7. The van der Waals surface area contributed by atoms with Gasteiger partial charge in [0, 0.05) is 18.8 Å². The third-order valence-electron chi connectivity index (χ3n) is 7.28. The average molecular weight is 522 g/mol. The Morgan fingerprint density at radius 1 is 1.00 bits per heavy atom. The summed E-state index contributed by atoms with van der Waals surface area (Å²) in [6.07, 6.45) is 6.03. The summed E-state index contributed by atoms with van der Waals surface area (Å²) in [4.78, 5) is 26.2. The molecule has 1 N–H and O–H groups in total. The summed E-state index contributed by atoms with van der Waals surface area (Å²) < 4.78 is 32.6. The van der Waals surface area contributed by atoms with Crippen LogP contribution in [0.3, 0.4) is 0 Å². The average Bonchev–Trinajstić information content (AvgIpc) is 3.68. The van der Waals surface area contributed by atoms with Crippen LogP contribution < -0.4 is 9.93 Å². The Labute approximate surface area is 216 Å². The summed E-state index contributed by atoms with van der Waals surface area (Å²) in [7, 11) is -3.61. The lowest BCUT2D eigenvalue weighted by molar-refractivity contribution is 0.0968. The van der Waals surface area contributed by atoms with E-state index in [0.717, 1.165) is 37.7 Å². The minimum Gasteiger partial charge on any atom is -0.506 e. The van der Waals surface area contributed by atoms with Crippen LogP contribution in [0, 0.1) is 5.92 Å². The van der Waals surface area contributed by atoms with E-state index in [2.05, 4.69) is 0 Å². The van der Waals surface area contributed by atoms with E-state index in [-0.39, 0.29) is 40.9 Å². The number of sulfonamides is 1. The van der Waals surface area contributed by atoms with E-state index < -0.39 is 21.6 Å². The fraction of sp³-hybridized carbons (Fsp3) is 0.379. The zero-order chi connectivity index (χ0) is 26.2. The molecule has 37 heavy (non-hydrogen) atoms. The number of Topliss-reactive ketones (excluding diaryl/α,β-unsaturated/α-hetero) is 1. The molecular formula is C29H31NO6S. The van der Waals surface area contributed by atoms with Crippen molar-refractivity contribution in [1.82, 2.24) is 0 Å². The molecule has 2 aliphatic rings. The standard InChI is InChI=1S/C29H31NO6S/c1-37(34,35)30(18-19-9-4-2-5-10-19)22-12-8-11-21(17-22)25(20-15-16-20)27-28(32)26-23(31)13-6-3-7-14-24(26)36-29(27)33/h2,4-5,8-12,17,20,25,32H,3,6-7,13-16,18H2,1H3. The van der Waals surface area contributed by atoms with Crippen LogP contribution in [0.15, 0.2) is 63.8 Å². The quantitative estimate of drug-likeness (QED) is 0.461. The highest BCUT2D eigenvalue weighted by Gasteiger charge is 2.39. The number of carbonyl (C=O) groups is 1. The number of aryl methyl sites for hydroxylation is 1. The van der Waals surface area contributed by atoms with Crippen molar-refractivity contribution >= 4 is 21.5 Å². The molecule has 5 rings (SSSR count). The SMILES string of the molecule is CS(=O)(=O)N(Cc1ccccc1)c1cccc(C(c2c(O)c3c(oc2=O)CCCCCC3=O)C2CC2)c1. The van der Waals surface area contributed by atoms with Crippen LogP contribution >= 0.6 is 0 Å². The number of aromatic hydroxyl groups is 1. The van der Waals surface area contributed by atoms with Crippen LogP contribution in [0.25, 0.3) is 0 Å². The van der Waals surface area contributed by atoms with E-state index in [4.69, 9.17) is 4.42 Å². The smallest absolute Gasteiger partial charge is 0.343 e. The van der Waals surface area contributed by atoms with E-state index in [0.29, 0.717) is 24.1 Å². The predicted molar refractivity (Wildman–Crippen MR) is 142 cm³/mol. The molecule has 1 heterocycles. The summed E-state index contributed by atoms with van der Waals surface area (Å²) in [5.74, 6) is -0.619. The minimum atomic E-state index is -3.61. The Balaban J connectivity index is 1.60. The van der Waals surface area contributed by atoms with E-state index in [1.807, 2.05) is 36.4 Å². The Bertz CT molecular complexity index is 1470. The normalized spacial score (nSPS) is 16.9. The highest BCUT2D eigenvalue weighted by Crippen LogP contribution is 2.49. The lowest BCUT2D eigenvalue weighted by Gasteiger charge is -2.25. The van der Waals surface area contributed by atoms with Crippen LogP contribution in [-0.2, 0) is 23.0 Å². The number of anilines is 1. The molecule has 1 aromatic heterocycles. The number of hydrogen-bond acceptors (Lipinski definition) is 6. The first-order valence-electron chi connectivity index (χ1n) is 12.8. The van der Waals surface area contributed by atoms with Crippen molar-refractivity contribution in [1.29, 1.82) is 0 Å². The number of ketones is 1. The lowest BCUT2D eigenvalue weighted by Crippen LogP contribution is -2.29. The monoisotopic (exact) mass is 521 g/mol. The second-order valence-electron chi connectivity index (χ2n) is 10.1. The molecule has 0 bridgehead atoms. The predicted octanol–water partition coefficient (Wildman–Crippen LogP) is 5.15. The molecule has 1 fully saturated rings. The molecule has 1 saturated carbocycles. The maximum absolute atomic E-state index is 13.2. The van der Waals surface area contributed by atoms with E-state index in [1.165, 1.54) is 10.6 Å². The van der Waals surface area contributed by atoms with E-state index >= 15 is 0 Å². The van der Waals surface area contributed by atoms with Gasteiger partial charge in [0.2, 0.25) is 10.0 Å². The zero-order valence-corrected chi connectivity index (χ0v) is 21.7. The van der Waals surface area contributed by atoms with Gasteiger partial charge < -0.3 is 9.52 Å². The minimum absolute atomic E-state index is 0.0894. The molecule has 0 spiro atoms.